The van der Waals surface area contributed by atoms with Gasteiger partial charge in [0.2, 0.25) is 0 Å². The summed E-state index contributed by atoms with van der Waals surface area (Å²) in [6, 6.07) is 16.7. The Morgan fingerprint density at radius 3 is 2.37 bits per heavy atom. The molecule has 0 heterocycles. The predicted molar refractivity (Wildman–Crippen MR) is 87.5 cm³/mol. The molecular formula is C17H19NS. The van der Waals surface area contributed by atoms with Gasteiger partial charge in [-0.25, -0.2) is 0 Å². The maximum atomic E-state index is 4.64. The van der Waals surface area contributed by atoms with Gasteiger partial charge in [0.1, 0.15) is 0 Å². The van der Waals surface area contributed by atoms with Crippen LogP contribution in [0.25, 0.3) is 6.08 Å². The molecule has 0 aliphatic rings. The van der Waals surface area contributed by atoms with Crippen molar-refractivity contribution in [2.45, 2.75) is 19.9 Å². The van der Waals surface area contributed by atoms with Crippen LogP contribution in [-0.4, -0.2) is 0 Å². The quantitative estimate of drug-likeness (QED) is 0.767. The zero-order valence-corrected chi connectivity index (χ0v) is 12.1. The second-order valence-corrected chi connectivity index (χ2v) is 4.93. The summed E-state index contributed by atoms with van der Waals surface area (Å²) in [5.41, 5.74) is 4.88. The monoisotopic (exact) mass is 269 g/mol. The van der Waals surface area contributed by atoms with Crippen molar-refractivity contribution in [1.82, 2.24) is 0 Å². The molecule has 98 valence electrons. The van der Waals surface area contributed by atoms with Crippen molar-refractivity contribution in [3.8, 4) is 0 Å². The lowest BCUT2D eigenvalue weighted by Gasteiger charge is -2.21. The van der Waals surface area contributed by atoms with Crippen LogP contribution in [0.1, 0.15) is 23.6 Å². The van der Waals surface area contributed by atoms with E-state index in [1.807, 2.05) is 16.4 Å². The Morgan fingerprint density at radius 2 is 1.68 bits per heavy atom. The number of rotatable bonds is 5. The molecule has 0 N–H and O–H groups in total. The first-order valence-corrected chi connectivity index (χ1v) is 6.91. The highest BCUT2D eigenvalue weighted by molar-refractivity contribution is 7.81. The van der Waals surface area contributed by atoms with Crippen molar-refractivity contribution in [1.29, 1.82) is 0 Å². The molecule has 2 aromatic carbocycles. The fraction of sp³-hybridized carbons (Fsp3) is 0.176. The van der Waals surface area contributed by atoms with Gasteiger partial charge in [0.15, 0.2) is 0 Å². The Morgan fingerprint density at radius 1 is 1.05 bits per heavy atom. The summed E-state index contributed by atoms with van der Waals surface area (Å²) in [4.78, 5) is 0. The number of anilines is 1. The molecule has 1 nitrogen and oxygen atoms in total. The Balaban J connectivity index is 2.25. The number of aryl methyl sites for hydroxylation is 1. The number of hydrogen-bond donors (Lipinski definition) is 1. The van der Waals surface area contributed by atoms with Crippen molar-refractivity contribution in [2.75, 3.05) is 4.31 Å². The van der Waals surface area contributed by atoms with Crippen LogP contribution in [-0.2, 0) is 13.0 Å². The fourth-order valence-electron chi connectivity index (χ4n) is 2.19. The summed E-state index contributed by atoms with van der Waals surface area (Å²) in [5.74, 6) is 0. The van der Waals surface area contributed by atoms with E-state index in [4.69, 9.17) is 0 Å². The van der Waals surface area contributed by atoms with E-state index in [-0.39, 0.29) is 0 Å². The third-order valence-electron chi connectivity index (χ3n) is 3.25. The summed E-state index contributed by atoms with van der Waals surface area (Å²) < 4.78 is 2.00. The molecule has 0 spiro atoms. The summed E-state index contributed by atoms with van der Waals surface area (Å²) in [6.45, 7) is 6.79. The molecule has 2 heteroatoms. The second kappa shape index (κ2) is 6.48. The van der Waals surface area contributed by atoms with E-state index in [2.05, 4.69) is 68.8 Å². The van der Waals surface area contributed by atoms with Crippen molar-refractivity contribution in [3.63, 3.8) is 0 Å². The second-order valence-electron chi connectivity index (χ2n) is 4.44. The molecular weight excluding hydrogens is 250 g/mol. The van der Waals surface area contributed by atoms with Crippen LogP contribution < -0.4 is 4.31 Å². The van der Waals surface area contributed by atoms with Crippen molar-refractivity contribution in [2.24, 2.45) is 0 Å². The highest BCUT2D eigenvalue weighted by Gasteiger charge is 2.08. The summed E-state index contributed by atoms with van der Waals surface area (Å²) in [6.07, 6.45) is 2.90. The first-order chi connectivity index (χ1) is 9.26. The maximum absolute atomic E-state index is 4.64. The van der Waals surface area contributed by atoms with Crippen LogP contribution >= 0.6 is 12.8 Å². The lowest BCUT2D eigenvalue weighted by Crippen LogP contribution is -2.12. The first kappa shape index (κ1) is 13.8. The van der Waals surface area contributed by atoms with Crippen LogP contribution in [0.5, 0.6) is 0 Å². The van der Waals surface area contributed by atoms with Gasteiger partial charge in [-0.05, 0) is 29.2 Å². The number of nitrogens with zero attached hydrogens (tertiary/aromatic N) is 1. The molecule has 0 fully saturated rings. The van der Waals surface area contributed by atoms with Crippen LogP contribution in [0.2, 0.25) is 0 Å². The molecule has 0 aromatic heterocycles. The normalized spacial score (nSPS) is 10.2. The van der Waals surface area contributed by atoms with E-state index < -0.39 is 0 Å². The average molecular weight is 269 g/mol. The van der Waals surface area contributed by atoms with Crippen LogP contribution in [0.3, 0.4) is 0 Å². The molecule has 0 aliphatic heterocycles. The van der Waals surface area contributed by atoms with Gasteiger partial charge >= 0.3 is 0 Å². The van der Waals surface area contributed by atoms with E-state index in [0.717, 1.165) is 18.5 Å². The minimum absolute atomic E-state index is 0.766. The largest absolute Gasteiger partial charge is 0.314 e. The van der Waals surface area contributed by atoms with Gasteiger partial charge in [-0.1, -0.05) is 74.9 Å². The Bertz CT molecular complexity index is 563. The minimum Gasteiger partial charge on any atom is -0.314 e. The summed E-state index contributed by atoms with van der Waals surface area (Å²) in [7, 11) is 0. The number of para-hydroxylation sites is 1. The molecule has 0 saturated heterocycles. The van der Waals surface area contributed by atoms with Crippen LogP contribution in [0.15, 0.2) is 55.1 Å². The smallest absolute Gasteiger partial charge is 0.0549 e. The van der Waals surface area contributed by atoms with Crippen LogP contribution in [0, 0.1) is 0 Å². The molecule has 0 unspecified atom stereocenters. The Labute approximate surface area is 121 Å². The van der Waals surface area contributed by atoms with Crippen LogP contribution in [0.4, 0.5) is 5.69 Å². The van der Waals surface area contributed by atoms with E-state index >= 15 is 0 Å². The molecule has 0 saturated carbocycles. The van der Waals surface area contributed by atoms with Gasteiger partial charge in [-0.2, -0.15) is 0 Å². The van der Waals surface area contributed by atoms with E-state index in [0.29, 0.717) is 0 Å². The molecule has 0 radical (unpaired) electrons. The highest BCUT2D eigenvalue weighted by atomic mass is 32.1. The topological polar surface area (TPSA) is 3.24 Å². The highest BCUT2D eigenvalue weighted by Crippen LogP contribution is 2.25. The fourth-order valence-corrected chi connectivity index (χ4v) is 2.53. The molecule has 0 amide bonds. The molecule has 0 aliphatic carbocycles. The Hall–Kier alpha value is -1.67. The van der Waals surface area contributed by atoms with Gasteiger partial charge in [-0.15, -0.1) is 0 Å². The van der Waals surface area contributed by atoms with E-state index in [9.17, 15) is 0 Å². The summed E-state index contributed by atoms with van der Waals surface area (Å²) in [5, 5.41) is 0. The van der Waals surface area contributed by atoms with Crippen molar-refractivity contribution >= 4 is 24.6 Å². The van der Waals surface area contributed by atoms with Crippen molar-refractivity contribution < 1.29 is 0 Å². The van der Waals surface area contributed by atoms with E-state index in [1.54, 1.807) is 0 Å². The first-order valence-electron chi connectivity index (χ1n) is 6.51. The lowest BCUT2D eigenvalue weighted by atomic mass is 10.1. The summed E-state index contributed by atoms with van der Waals surface area (Å²) >= 11 is 4.64. The minimum atomic E-state index is 0.766. The molecule has 2 aromatic rings. The Kier molecular flexibility index (Phi) is 4.69. The molecule has 19 heavy (non-hydrogen) atoms. The molecule has 0 atom stereocenters. The number of hydrogen-bond acceptors (Lipinski definition) is 2. The predicted octanol–water partition coefficient (Wildman–Crippen LogP) is 4.74. The third kappa shape index (κ3) is 3.21. The number of thiol groups is 1. The number of benzene rings is 2. The van der Waals surface area contributed by atoms with Gasteiger partial charge < -0.3 is 4.31 Å². The average Bonchev–Trinajstić information content (AvgIpc) is 2.47. The van der Waals surface area contributed by atoms with Gasteiger partial charge in [-0.3, -0.25) is 0 Å². The third-order valence-corrected chi connectivity index (χ3v) is 3.60. The van der Waals surface area contributed by atoms with E-state index in [1.165, 1.54) is 16.8 Å². The van der Waals surface area contributed by atoms with Gasteiger partial charge in [0, 0.05) is 0 Å². The zero-order valence-electron chi connectivity index (χ0n) is 11.2. The SMILES string of the molecule is C=Cc1ccccc1CN(S)c1ccccc1CC. The maximum Gasteiger partial charge on any atom is 0.0549 e. The molecule has 0 bridgehead atoms. The zero-order chi connectivity index (χ0) is 13.7. The standard InChI is InChI=1S/C17H19NS/c1-3-14-9-5-6-11-16(14)13-18(19)17-12-8-7-10-15(17)4-2/h3,5-12,19H,1,4,13H2,2H3. The van der Waals surface area contributed by atoms with Gasteiger partial charge in [0.05, 0.1) is 12.2 Å². The lowest BCUT2D eigenvalue weighted by molar-refractivity contribution is 1.03. The van der Waals surface area contributed by atoms with Gasteiger partial charge in [0.25, 0.3) is 0 Å². The molecule has 2 rings (SSSR count). The van der Waals surface area contributed by atoms with Crippen molar-refractivity contribution in [3.05, 3.63) is 71.8 Å².